The van der Waals surface area contributed by atoms with Gasteiger partial charge in [0.15, 0.2) is 5.84 Å². The first-order valence-corrected chi connectivity index (χ1v) is 5.60. The number of nitrogens with two attached hydrogens (primary N) is 1. The molecule has 0 unspecified atom stereocenters. The molecule has 1 aromatic carbocycles. The van der Waals surface area contributed by atoms with Crippen molar-refractivity contribution in [3.05, 3.63) is 59.7 Å². The number of pyridine rings is 1. The van der Waals surface area contributed by atoms with Crippen LogP contribution in [0.4, 0.5) is 10.1 Å². The molecule has 6 nitrogen and oxygen atoms in total. The minimum atomic E-state index is -0.653. The van der Waals surface area contributed by atoms with Gasteiger partial charge in [0.05, 0.1) is 11.1 Å². The van der Waals surface area contributed by atoms with Crippen LogP contribution in [0, 0.1) is 5.82 Å². The maximum atomic E-state index is 13.5. The zero-order valence-electron chi connectivity index (χ0n) is 10.2. The van der Waals surface area contributed by atoms with Gasteiger partial charge in [-0.1, -0.05) is 5.16 Å². The van der Waals surface area contributed by atoms with E-state index in [1.165, 1.54) is 18.3 Å². The van der Waals surface area contributed by atoms with Crippen molar-refractivity contribution in [1.82, 2.24) is 4.98 Å². The van der Waals surface area contributed by atoms with Gasteiger partial charge >= 0.3 is 0 Å². The molecule has 1 amide bonds. The summed E-state index contributed by atoms with van der Waals surface area (Å²) >= 11 is 0. The number of carbonyl (C=O) groups is 1. The van der Waals surface area contributed by atoms with Gasteiger partial charge in [-0.2, -0.15) is 0 Å². The summed E-state index contributed by atoms with van der Waals surface area (Å²) in [6, 6.07) is 6.99. The molecule has 0 saturated carbocycles. The first-order valence-electron chi connectivity index (χ1n) is 5.60. The molecule has 0 saturated heterocycles. The number of halogens is 1. The van der Waals surface area contributed by atoms with E-state index < -0.39 is 11.7 Å². The largest absolute Gasteiger partial charge is 0.409 e. The Kier molecular flexibility index (Phi) is 3.90. The van der Waals surface area contributed by atoms with Crippen LogP contribution in [0.3, 0.4) is 0 Å². The summed E-state index contributed by atoms with van der Waals surface area (Å²) in [6.45, 7) is 0. The number of hydrogen-bond donors (Lipinski definition) is 3. The number of rotatable bonds is 3. The van der Waals surface area contributed by atoms with E-state index in [1.807, 2.05) is 0 Å². The highest BCUT2D eigenvalue weighted by Crippen LogP contribution is 2.15. The molecule has 20 heavy (non-hydrogen) atoms. The maximum Gasteiger partial charge on any atom is 0.257 e. The number of carbonyl (C=O) groups excluding carboxylic acids is 1. The summed E-state index contributed by atoms with van der Waals surface area (Å²) in [7, 11) is 0. The quantitative estimate of drug-likeness (QED) is 0.342. The fourth-order valence-electron chi connectivity index (χ4n) is 1.55. The molecule has 4 N–H and O–H groups in total. The molecule has 0 aliphatic heterocycles. The van der Waals surface area contributed by atoms with Crippen molar-refractivity contribution in [3.63, 3.8) is 0 Å². The highest BCUT2D eigenvalue weighted by atomic mass is 19.1. The summed E-state index contributed by atoms with van der Waals surface area (Å²) in [6.07, 6.45) is 2.95. The van der Waals surface area contributed by atoms with Crippen molar-refractivity contribution in [2.24, 2.45) is 10.9 Å². The predicted octanol–water partition coefficient (Wildman–Crippen LogP) is 1.57. The first-order chi connectivity index (χ1) is 9.61. The lowest BCUT2D eigenvalue weighted by molar-refractivity contribution is 0.102. The zero-order valence-corrected chi connectivity index (χ0v) is 10.2. The summed E-state index contributed by atoms with van der Waals surface area (Å²) in [4.78, 5) is 15.7. The van der Waals surface area contributed by atoms with Gasteiger partial charge in [-0.3, -0.25) is 9.78 Å². The van der Waals surface area contributed by atoms with Crippen molar-refractivity contribution in [2.45, 2.75) is 0 Å². The molecule has 0 radical (unpaired) electrons. The lowest BCUT2D eigenvalue weighted by Crippen LogP contribution is -2.17. The highest BCUT2D eigenvalue weighted by molar-refractivity contribution is 6.05. The van der Waals surface area contributed by atoms with Crippen LogP contribution in [0.15, 0.2) is 47.9 Å². The SMILES string of the molecule is NC(=NO)c1cc(NC(=O)c2cccnc2)ccc1F. The average molecular weight is 274 g/mol. The van der Waals surface area contributed by atoms with E-state index in [1.54, 1.807) is 18.3 Å². The Balaban J connectivity index is 2.25. The number of oxime groups is 1. The van der Waals surface area contributed by atoms with E-state index in [9.17, 15) is 9.18 Å². The number of amides is 1. The maximum absolute atomic E-state index is 13.5. The predicted molar refractivity (Wildman–Crippen MR) is 71.1 cm³/mol. The van der Waals surface area contributed by atoms with Gasteiger partial charge in [0.2, 0.25) is 0 Å². The second-order valence-electron chi connectivity index (χ2n) is 3.88. The molecule has 0 bridgehead atoms. The summed E-state index contributed by atoms with van der Waals surface area (Å²) < 4.78 is 13.5. The number of nitrogens with zero attached hydrogens (tertiary/aromatic N) is 2. The molecule has 2 aromatic rings. The summed E-state index contributed by atoms with van der Waals surface area (Å²) in [5.74, 6) is -1.42. The summed E-state index contributed by atoms with van der Waals surface area (Å²) in [5, 5.41) is 13.9. The van der Waals surface area contributed by atoms with Crippen LogP contribution < -0.4 is 11.1 Å². The lowest BCUT2D eigenvalue weighted by Gasteiger charge is -2.07. The fraction of sp³-hybridized carbons (Fsp3) is 0. The van der Waals surface area contributed by atoms with E-state index in [0.29, 0.717) is 11.3 Å². The minimum Gasteiger partial charge on any atom is -0.409 e. The number of anilines is 1. The molecule has 1 aromatic heterocycles. The number of amidine groups is 1. The topological polar surface area (TPSA) is 101 Å². The molecule has 102 valence electrons. The molecule has 1 heterocycles. The van der Waals surface area contributed by atoms with Gasteiger partial charge in [-0.05, 0) is 30.3 Å². The van der Waals surface area contributed by atoms with Crippen LogP contribution in [-0.2, 0) is 0 Å². The average Bonchev–Trinajstić information content (AvgIpc) is 2.49. The normalized spacial score (nSPS) is 11.2. The van der Waals surface area contributed by atoms with Crippen LogP contribution in [0.25, 0.3) is 0 Å². The summed E-state index contributed by atoms with van der Waals surface area (Å²) in [5.41, 5.74) is 5.93. The molecule has 0 spiro atoms. The van der Waals surface area contributed by atoms with Gasteiger partial charge in [-0.15, -0.1) is 0 Å². The van der Waals surface area contributed by atoms with E-state index in [0.717, 1.165) is 6.07 Å². The molecule has 0 atom stereocenters. The Morgan fingerprint density at radius 3 is 2.85 bits per heavy atom. The lowest BCUT2D eigenvalue weighted by atomic mass is 10.1. The van der Waals surface area contributed by atoms with Gasteiger partial charge in [-0.25, -0.2) is 4.39 Å². The highest BCUT2D eigenvalue weighted by Gasteiger charge is 2.11. The van der Waals surface area contributed by atoms with E-state index in [-0.39, 0.29) is 11.4 Å². The van der Waals surface area contributed by atoms with Gasteiger partial charge in [0, 0.05) is 18.1 Å². The Hall–Kier alpha value is -2.96. The van der Waals surface area contributed by atoms with Crippen LogP contribution >= 0.6 is 0 Å². The monoisotopic (exact) mass is 274 g/mol. The van der Waals surface area contributed by atoms with E-state index in [4.69, 9.17) is 10.9 Å². The number of aromatic nitrogens is 1. The Labute approximate surface area is 113 Å². The molecule has 0 aliphatic rings. The van der Waals surface area contributed by atoms with Crippen molar-refractivity contribution in [1.29, 1.82) is 0 Å². The molecule has 2 rings (SSSR count). The number of hydrogen-bond acceptors (Lipinski definition) is 4. The van der Waals surface area contributed by atoms with Crippen molar-refractivity contribution < 1.29 is 14.4 Å². The third-order valence-corrected chi connectivity index (χ3v) is 2.53. The van der Waals surface area contributed by atoms with Crippen molar-refractivity contribution in [2.75, 3.05) is 5.32 Å². The zero-order chi connectivity index (χ0) is 14.5. The Morgan fingerprint density at radius 2 is 2.20 bits per heavy atom. The fourth-order valence-corrected chi connectivity index (χ4v) is 1.55. The third kappa shape index (κ3) is 2.89. The number of nitrogens with one attached hydrogen (secondary N) is 1. The van der Waals surface area contributed by atoms with Crippen molar-refractivity contribution >= 4 is 17.4 Å². The minimum absolute atomic E-state index is 0.100. The van der Waals surface area contributed by atoms with Crippen LogP contribution in [0.2, 0.25) is 0 Å². The van der Waals surface area contributed by atoms with Crippen LogP contribution in [0.1, 0.15) is 15.9 Å². The molecule has 0 fully saturated rings. The van der Waals surface area contributed by atoms with E-state index in [2.05, 4.69) is 15.5 Å². The second-order valence-corrected chi connectivity index (χ2v) is 3.88. The molecule has 0 aliphatic carbocycles. The standard InChI is InChI=1S/C13H11FN4O2/c14-11-4-3-9(6-10(11)12(15)18-20)17-13(19)8-2-1-5-16-7-8/h1-7,20H,(H2,15,18)(H,17,19). The van der Waals surface area contributed by atoms with Crippen LogP contribution in [0.5, 0.6) is 0 Å². The van der Waals surface area contributed by atoms with Gasteiger partial charge in [0.25, 0.3) is 5.91 Å². The smallest absolute Gasteiger partial charge is 0.257 e. The molecular formula is C13H11FN4O2. The number of benzene rings is 1. The van der Waals surface area contributed by atoms with Crippen molar-refractivity contribution in [3.8, 4) is 0 Å². The van der Waals surface area contributed by atoms with E-state index >= 15 is 0 Å². The molecule has 7 heteroatoms. The Morgan fingerprint density at radius 1 is 1.40 bits per heavy atom. The third-order valence-electron chi connectivity index (χ3n) is 2.53. The van der Waals surface area contributed by atoms with Crippen LogP contribution in [-0.4, -0.2) is 21.9 Å². The Bertz CT molecular complexity index is 659. The first kappa shape index (κ1) is 13.5. The van der Waals surface area contributed by atoms with Gasteiger partial charge in [0.1, 0.15) is 5.82 Å². The van der Waals surface area contributed by atoms with Gasteiger partial charge < -0.3 is 16.3 Å². The molecular weight excluding hydrogens is 263 g/mol. The second kappa shape index (κ2) is 5.79.